The molecule has 0 bridgehead atoms. The van der Waals surface area contributed by atoms with Crippen LogP contribution in [0.15, 0.2) is 0 Å². The van der Waals surface area contributed by atoms with E-state index in [1.54, 1.807) is 0 Å². The Bertz CT molecular complexity index is 170. The van der Waals surface area contributed by atoms with E-state index in [1.165, 1.54) is 0 Å². The van der Waals surface area contributed by atoms with Crippen molar-refractivity contribution >= 4 is 35.3 Å². The van der Waals surface area contributed by atoms with Gasteiger partial charge >= 0.3 is 0 Å². The number of carbonyl (C=O) groups is 1. The van der Waals surface area contributed by atoms with Gasteiger partial charge in [0.05, 0.1) is 6.61 Å². The Morgan fingerprint density at radius 2 is 1.62 bits per heavy atom. The van der Waals surface area contributed by atoms with Crippen molar-refractivity contribution in [2.45, 2.75) is 34.6 Å². The molecule has 4 nitrogen and oxygen atoms in total. The van der Waals surface area contributed by atoms with Crippen LogP contribution < -0.4 is 5.73 Å². The summed E-state index contributed by atoms with van der Waals surface area (Å²) in [5, 5.41) is -0.0208. The third-order valence-corrected chi connectivity index (χ3v) is 1.67. The number of primary amides is 1. The average molecular weight is 268 g/mol. The Hall–Kier alpha value is -0.490. The van der Waals surface area contributed by atoms with Crippen molar-refractivity contribution < 1.29 is 9.53 Å². The minimum atomic E-state index is -0.639. The van der Waals surface area contributed by atoms with Crippen LogP contribution in [-0.2, 0) is 4.74 Å². The van der Waals surface area contributed by atoms with E-state index >= 15 is 0 Å². The quantitative estimate of drug-likeness (QED) is 0.610. The van der Waals surface area contributed by atoms with Gasteiger partial charge < -0.3 is 15.4 Å². The number of thiocarbonyl (C=S) groups is 1. The molecule has 1 amide bonds. The first-order chi connectivity index (χ1) is 7.49. The standard InChI is InChI=1S/C7H15NOS.C2H6.CH3NOS/c1-4-8(5-2)7(10)9-6-3;1-2;2-1(3)4/h4-6H2,1-3H3;1-2H3;(H3,2,3,4). The van der Waals surface area contributed by atoms with Gasteiger partial charge in [-0.15, -0.1) is 0 Å². The van der Waals surface area contributed by atoms with E-state index in [0.29, 0.717) is 11.8 Å². The molecule has 16 heavy (non-hydrogen) atoms. The van der Waals surface area contributed by atoms with Gasteiger partial charge in [0.25, 0.3) is 10.4 Å². The number of thiol groups is 1. The lowest BCUT2D eigenvalue weighted by atomic mass is 10.6. The van der Waals surface area contributed by atoms with Crippen LogP contribution >= 0.6 is 24.8 Å². The summed E-state index contributed by atoms with van der Waals surface area (Å²) in [6.45, 7) is 12.6. The Morgan fingerprint density at radius 1 is 1.31 bits per heavy atom. The second kappa shape index (κ2) is 16.9. The van der Waals surface area contributed by atoms with Crippen molar-refractivity contribution in [1.82, 2.24) is 4.90 Å². The lowest BCUT2D eigenvalue weighted by molar-refractivity contribution is 0.264. The molecule has 0 spiro atoms. The number of rotatable bonds is 3. The first-order valence-corrected chi connectivity index (χ1v) is 6.25. The Kier molecular flexibility index (Phi) is 22.1. The zero-order valence-electron chi connectivity index (χ0n) is 10.8. The third-order valence-electron chi connectivity index (χ3n) is 1.29. The molecular formula is C10H24N2O2S2. The fraction of sp³-hybridized carbons (Fsp3) is 0.800. The Balaban J connectivity index is -0.000000237. The number of carbonyl (C=O) groups excluding carboxylic acids is 1. The van der Waals surface area contributed by atoms with Crippen molar-refractivity contribution in [2.24, 2.45) is 5.73 Å². The van der Waals surface area contributed by atoms with Gasteiger partial charge in [-0.05, 0) is 33.0 Å². The van der Waals surface area contributed by atoms with Gasteiger partial charge in [-0.1, -0.05) is 26.5 Å². The highest BCUT2D eigenvalue weighted by Crippen LogP contribution is 1.92. The van der Waals surface area contributed by atoms with Crippen LogP contribution in [0.3, 0.4) is 0 Å². The van der Waals surface area contributed by atoms with Crippen molar-refractivity contribution in [3.63, 3.8) is 0 Å². The smallest absolute Gasteiger partial charge is 0.273 e. The summed E-state index contributed by atoms with van der Waals surface area (Å²) in [5.74, 6) is 0. The van der Waals surface area contributed by atoms with Gasteiger partial charge in [0.2, 0.25) is 0 Å². The Labute approximate surface area is 110 Å². The van der Waals surface area contributed by atoms with Crippen molar-refractivity contribution in [2.75, 3.05) is 19.7 Å². The highest BCUT2D eigenvalue weighted by atomic mass is 32.1. The van der Waals surface area contributed by atoms with Crippen LogP contribution in [-0.4, -0.2) is 35.0 Å². The highest BCUT2D eigenvalue weighted by Gasteiger charge is 2.03. The molecule has 0 rings (SSSR count). The summed E-state index contributed by atoms with van der Waals surface area (Å²) < 4.78 is 5.14. The summed E-state index contributed by atoms with van der Waals surface area (Å²) in [6, 6.07) is 0. The van der Waals surface area contributed by atoms with Gasteiger partial charge in [0, 0.05) is 13.1 Å². The summed E-state index contributed by atoms with van der Waals surface area (Å²) in [6.07, 6.45) is 0. The van der Waals surface area contributed by atoms with Crippen LogP contribution in [0, 0.1) is 0 Å². The predicted molar refractivity (Wildman–Crippen MR) is 77.1 cm³/mol. The van der Waals surface area contributed by atoms with E-state index in [-0.39, 0.29) is 0 Å². The minimum Gasteiger partial charge on any atom is -0.471 e. The number of nitrogens with zero attached hydrogens (tertiary/aromatic N) is 1. The molecule has 6 heteroatoms. The van der Waals surface area contributed by atoms with Gasteiger partial charge in [-0.3, -0.25) is 4.79 Å². The van der Waals surface area contributed by atoms with Crippen LogP contribution in [0.1, 0.15) is 34.6 Å². The number of nitrogens with two attached hydrogens (primary N) is 1. The normalized spacial score (nSPS) is 7.62. The number of ether oxygens (including phenoxy) is 1. The zero-order chi connectivity index (χ0) is 13.6. The summed E-state index contributed by atoms with van der Waals surface area (Å²) in [4.78, 5) is 11.1. The summed E-state index contributed by atoms with van der Waals surface area (Å²) in [5.41, 5.74) is 4.34. The molecule has 0 radical (unpaired) electrons. The number of hydrogen-bond donors (Lipinski definition) is 2. The van der Waals surface area contributed by atoms with Crippen molar-refractivity contribution in [3.05, 3.63) is 0 Å². The molecule has 0 unspecified atom stereocenters. The fourth-order valence-corrected chi connectivity index (χ4v) is 1.07. The third kappa shape index (κ3) is 19.1. The van der Waals surface area contributed by atoms with E-state index in [0.717, 1.165) is 13.1 Å². The van der Waals surface area contributed by atoms with Crippen LogP contribution in [0.25, 0.3) is 0 Å². The maximum atomic E-state index is 9.09. The van der Waals surface area contributed by atoms with E-state index in [2.05, 4.69) is 32.2 Å². The molecule has 0 aliphatic carbocycles. The maximum absolute atomic E-state index is 9.09. The number of amides is 1. The first-order valence-electron chi connectivity index (χ1n) is 5.39. The molecule has 0 saturated heterocycles. The zero-order valence-corrected chi connectivity index (χ0v) is 12.5. The van der Waals surface area contributed by atoms with Crippen LogP contribution in [0.5, 0.6) is 0 Å². The number of hydrogen-bond acceptors (Lipinski definition) is 3. The van der Waals surface area contributed by atoms with Gasteiger partial charge in [0.1, 0.15) is 0 Å². The fourth-order valence-electron chi connectivity index (χ4n) is 0.697. The summed E-state index contributed by atoms with van der Waals surface area (Å²) in [7, 11) is 0. The SMILES string of the molecule is CC.CCOC(=S)N(CC)CC.NC(=O)S. The second-order valence-electron chi connectivity index (χ2n) is 2.21. The molecule has 0 aromatic carbocycles. The molecule has 0 aliphatic rings. The molecule has 0 atom stereocenters. The van der Waals surface area contributed by atoms with E-state index < -0.39 is 5.24 Å². The van der Waals surface area contributed by atoms with Crippen LogP contribution in [0.2, 0.25) is 0 Å². The molecule has 98 valence electrons. The monoisotopic (exact) mass is 268 g/mol. The molecule has 2 N–H and O–H groups in total. The van der Waals surface area contributed by atoms with Crippen molar-refractivity contribution in [3.8, 4) is 0 Å². The first kappa shape index (κ1) is 20.9. The van der Waals surface area contributed by atoms with E-state index in [9.17, 15) is 0 Å². The largest absolute Gasteiger partial charge is 0.471 e. The van der Waals surface area contributed by atoms with Gasteiger partial charge in [0.15, 0.2) is 0 Å². The predicted octanol–water partition coefficient (Wildman–Crippen LogP) is 2.67. The molecular weight excluding hydrogens is 244 g/mol. The topological polar surface area (TPSA) is 55.6 Å². The maximum Gasteiger partial charge on any atom is 0.273 e. The Morgan fingerprint density at radius 3 is 1.81 bits per heavy atom. The molecule has 0 aliphatic heterocycles. The second-order valence-corrected chi connectivity index (χ2v) is 3.00. The van der Waals surface area contributed by atoms with E-state index in [4.69, 9.17) is 21.7 Å². The van der Waals surface area contributed by atoms with Crippen LogP contribution in [0.4, 0.5) is 4.79 Å². The molecule has 0 saturated carbocycles. The lowest BCUT2D eigenvalue weighted by Crippen LogP contribution is -2.30. The van der Waals surface area contributed by atoms with Crippen molar-refractivity contribution in [1.29, 1.82) is 0 Å². The van der Waals surface area contributed by atoms with Gasteiger partial charge in [-0.2, -0.15) is 0 Å². The van der Waals surface area contributed by atoms with Gasteiger partial charge in [-0.25, -0.2) is 0 Å². The highest BCUT2D eigenvalue weighted by molar-refractivity contribution is 7.96. The van der Waals surface area contributed by atoms with E-state index in [1.807, 2.05) is 25.7 Å². The summed E-state index contributed by atoms with van der Waals surface area (Å²) >= 11 is 8.08. The molecule has 0 aromatic heterocycles. The molecule has 0 fully saturated rings. The lowest BCUT2D eigenvalue weighted by Gasteiger charge is -2.20. The molecule has 0 heterocycles. The minimum absolute atomic E-state index is 0.618. The average Bonchev–Trinajstić information content (AvgIpc) is 2.22. The molecule has 0 aromatic rings.